The third-order valence-corrected chi connectivity index (χ3v) is 1.54. The highest BCUT2D eigenvalue weighted by atomic mass is 16.4. The molecule has 56 valence electrons. The van der Waals surface area contributed by atoms with Crippen molar-refractivity contribution in [3.63, 3.8) is 0 Å². The number of nitrogens with one attached hydrogen (secondary N) is 1. The molecular weight excluding hydrogens is 132 g/mol. The predicted octanol–water partition coefficient (Wildman–Crippen LogP) is -0.207. The lowest BCUT2D eigenvalue weighted by Crippen LogP contribution is -2.31. The number of rotatable bonds is 1. The van der Waals surface area contributed by atoms with E-state index >= 15 is 0 Å². The van der Waals surface area contributed by atoms with Gasteiger partial charge in [0.05, 0.1) is 6.17 Å². The van der Waals surface area contributed by atoms with Crippen molar-refractivity contribution in [2.75, 3.05) is 7.05 Å². The van der Waals surface area contributed by atoms with Gasteiger partial charge in [-0.3, -0.25) is 0 Å². The molecule has 10 heavy (non-hydrogen) atoms. The van der Waals surface area contributed by atoms with Crippen molar-refractivity contribution in [3.8, 4) is 0 Å². The first-order chi connectivity index (χ1) is 4.61. The zero-order valence-electron chi connectivity index (χ0n) is 5.96. The van der Waals surface area contributed by atoms with Gasteiger partial charge in [0.2, 0.25) is 0 Å². The van der Waals surface area contributed by atoms with Gasteiger partial charge in [0, 0.05) is 13.2 Å². The minimum atomic E-state index is -0.906. The summed E-state index contributed by atoms with van der Waals surface area (Å²) >= 11 is 0. The smallest absolute Gasteiger partial charge is 0.353 e. The number of carbonyl (C=O) groups is 1. The Morgan fingerprint density at radius 1 is 1.90 bits per heavy atom. The van der Waals surface area contributed by atoms with Crippen molar-refractivity contribution < 1.29 is 9.90 Å². The molecule has 0 amide bonds. The molecule has 1 unspecified atom stereocenters. The summed E-state index contributed by atoms with van der Waals surface area (Å²) in [5, 5.41) is 11.3. The molecule has 1 heterocycles. The fourth-order valence-corrected chi connectivity index (χ4v) is 0.797. The number of hydrogen-bond donors (Lipinski definition) is 2. The van der Waals surface area contributed by atoms with Gasteiger partial charge in [-0.25, -0.2) is 4.79 Å². The molecule has 0 aromatic heterocycles. The van der Waals surface area contributed by atoms with E-state index in [-0.39, 0.29) is 11.9 Å². The van der Waals surface area contributed by atoms with Gasteiger partial charge in [-0.2, -0.15) is 0 Å². The molecule has 0 saturated carbocycles. The Morgan fingerprint density at radius 2 is 2.50 bits per heavy atom. The first kappa shape index (κ1) is 6.92. The van der Waals surface area contributed by atoms with Crippen LogP contribution in [0.4, 0.5) is 0 Å². The van der Waals surface area contributed by atoms with E-state index in [2.05, 4.69) is 5.32 Å². The molecule has 4 heteroatoms. The van der Waals surface area contributed by atoms with E-state index in [1.54, 1.807) is 6.20 Å². The third-order valence-electron chi connectivity index (χ3n) is 1.54. The highest BCUT2D eigenvalue weighted by Crippen LogP contribution is 2.06. The Bertz CT molecular complexity index is 188. The second kappa shape index (κ2) is 2.21. The standard InChI is InChI=1S/C6H10N2O2/c1-4-7-5(6(9)10)3-8(4)2/h3-4,7H,1-2H3,(H,9,10). The van der Waals surface area contributed by atoms with Crippen LogP contribution in [0, 0.1) is 0 Å². The summed E-state index contributed by atoms with van der Waals surface area (Å²) in [6, 6.07) is 0. The summed E-state index contributed by atoms with van der Waals surface area (Å²) in [5.41, 5.74) is 0.259. The first-order valence-corrected chi connectivity index (χ1v) is 3.05. The van der Waals surface area contributed by atoms with Gasteiger partial charge in [-0.1, -0.05) is 0 Å². The minimum absolute atomic E-state index is 0.0890. The second-order valence-electron chi connectivity index (χ2n) is 2.33. The lowest BCUT2D eigenvalue weighted by molar-refractivity contribution is -0.133. The molecule has 4 nitrogen and oxygen atoms in total. The summed E-state index contributed by atoms with van der Waals surface area (Å²) in [7, 11) is 1.83. The summed E-state index contributed by atoms with van der Waals surface area (Å²) in [6.07, 6.45) is 1.67. The lowest BCUT2D eigenvalue weighted by atomic mass is 10.5. The Labute approximate surface area is 59.1 Å². The molecule has 0 aliphatic carbocycles. The number of carboxylic acid groups (broad SMARTS) is 1. The summed E-state index contributed by atoms with van der Waals surface area (Å²) in [6.45, 7) is 1.90. The Morgan fingerprint density at radius 3 is 2.70 bits per heavy atom. The topological polar surface area (TPSA) is 52.6 Å². The van der Waals surface area contributed by atoms with Crippen molar-refractivity contribution in [1.29, 1.82) is 0 Å². The van der Waals surface area contributed by atoms with Crippen LogP contribution in [0.5, 0.6) is 0 Å². The SMILES string of the molecule is CC1NC(C(=O)O)=CN1C. The van der Waals surface area contributed by atoms with Crippen LogP contribution in [0.1, 0.15) is 6.92 Å². The molecule has 0 bridgehead atoms. The van der Waals surface area contributed by atoms with Crippen LogP contribution < -0.4 is 5.32 Å². The highest BCUT2D eigenvalue weighted by Gasteiger charge is 2.19. The van der Waals surface area contributed by atoms with Crippen LogP contribution in [-0.2, 0) is 4.79 Å². The summed E-state index contributed by atoms with van der Waals surface area (Å²) in [4.78, 5) is 12.1. The number of carboxylic acids is 1. The van der Waals surface area contributed by atoms with Gasteiger partial charge in [0.15, 0.2) is 0 Å². The second-order valence-corrected chi connectivity index (χ2v) is 2.33. The zero-order valence-corrected chi connectivity index (χ0v) is 5.96. The molecule has 0 aromatic carbocycles. The molecule has 1 rings (SSSR count). The number of nitrogens with zero attached hydrogens (tertiary/aromatic N) is 1. The van der Waals surface area contributed by atoms with Crippen molar-refractivity contribution in [2.45, 2.75) is 13.1 Å². The maximum absolute atomic E-state index is 10.3. The van der Waals surface area contributed by atoms with Crippen LogP contribution >= 0.6 is 0 Å². The Hall–Kier alpha value is -1.19. The molecule has 1 atom stereocenters. The van der Waals surface area contributed by atoms with Gasteiger partial charge in [-0.05, 0) is 6.92 Å². The number of aliphatic carboxylic acids is 1. The van der Waals surface area contributed by atoms with Gasteiger partial charge in [0.25, 0.3) is 0 Å². The minimum Gasteiger partial charge on any atom is -0.477 e. The van der Waals surface area contributed by atoms with Crippen molar-refractivity contribution in [3.05, 3.63) is 11.9 Å². The first-order valence-electron chi connectivity index (χ1n) is 3.05. The summed E-state index contributed by atoms with van der Waals surface area (Å²) < 4.78 is 0. The van der Waals surface area contributed by atoms with Crippen LogP contribution in [-0.4, -0.2) is 29.2 Å². The Kier molecular flexibility index (Phi) is 1.53. The molecule has 0 spiro atoms. The Balaban J connectivity index is 2.67. The zero-order chi connectivity index (χ0) is 7.72. The van der Waals surface area contributed by atoms with E-state index in [1.165, 1.54) is 0 Å². The van der Waals surface area contributed by atoms with Crippen molar-refractivity contribution in [1.82, 2.24) is 10.2 Å². The van der Waals surface area contributed by atoms with Crippen LogP contribution in [0.2, 0.25) is 0 Å². The number of hydrogen-bond acceptors (Lipinski definition) is 3. The monoisotopic (exact) mass is 142 g/mol. The fourth-order valence-electron chi connectivity index (χ4n) is 0.797. The molecule has 1 aliphatic rings. The van der Waals surface area contributed by atoms with Gasteiger partial charge in [0.1, 0.15) is 5.70 Å². The van der Waals surface area contributed by atoms with Crippen LogP contribution in [0.3, 0.4) is 0 Å². The van der Waals surface area contributed by atoms with Gasteiger partial charge < -0.3 is 15.3 Å². The molecule has 1 aliphatic heterocycles. The maximum atomic E-state index is 10.3. The predicted molar refractivity (Wildman–Crippen MR) is 36.1 cm³/mol. The van der Waals surface area contributed by atoms with Gasteiger partial charge in [-0.15, -0.1) is 0 Å². The van der Waals surface area contributed by atoms with E-state index in [1.807, 2.05) is 18.9 Å². The van der Waals surface area contributed by atoms with Crippen molar-refractivity contribution >= 4 is 5.97 Å². The molecule has 0 saturated heterocycles. The molecule has 0 radical (unpaired) electrons. The largest absolute Gasteiger partial charge is 0.477 e. The average Bonchev–Trinajstić information content (AvgIpc) is 2.13. The van der Waals surface area contributed by atoms with Crippen LogP contribution in [0.15, 0.2) is 11.9 Å². The molecular formula is C6H10N2O2. The highest BCUT2D eigenvalue weighted by molar-refractivity contribution is 5.86. The van der Waals surface area contributed by atoms with Gasteiger partial charge >= 0.3 is 5.97 Å². The fraction of sp³-hybridized carbons (Fsp3) is 0.500. The molecule has 2 N–H and O–H groups in total. The van der Waals surface area contributed by atoms with Crippen molar-refractivity contribution in [2.24, 2.45) is 0 Å². The van der Waals surface area contributed by atoms with E-state index in [0.717, 1.165) is 0 Å². The average molecular weight is 142 g/mol. The van der Waals surface area contributed by atoms with E-state index in [4.69, 9.17) is 5.11 Å². The quantitative estimate of drug-likeness (QED) is 0.532. The maximum Gasteiger partial charge on any atom is 0.353 e. The molecule has 0 fully saturated rings. The lowest BCUT2D eigenvalue weighted by Gasteiger charge is -2.14. The summed E-state index contributed by atoms with van der Waals surface area (Å²) in [5.74, 6) is -0.906. The van der Waals surface area contributed by atoms with Crippen LogP contribution in [0.25, 0.3) is 0 Å². The third kappa shape index (κ3) is 1.05. The molecule has 0 aromatic rings. The normalized spacial score (nSPS) is 24.0. The van der Waals surface area contributed by atoms with E-state index in [9.17, 15) is 4.79 Å². The van der Waals surface area contributed by atoms with E-state index in [0.29, 0.717) is 0 Å². The van der Waals surface area contributed by atoms with E-state index < -0.39 is 5.97 Å².